The molecule has 0 bridgehead atoms. The lowest BCUT2D eigenvalue weighted by atomic mass is 10.1. The summed E-state index contributed by atoms with van der Waals surface area (Å²) in [6.07, 6.45) is 0. The fourth-order valence-corrected chi connectivity index (χ4v) is 2.92. The van der Waals surface area contributed by atoms with E-state index in [1.54, 1.807) is 24.3 Å². The summed E-state index contributed by atoms with van der Waals surface area (Å²) in [6.45, 7) is 3.30. The molecule has 1 aromatic heterocycles. The molecule has 8 heteroatoms. The molecule has 0 aliphatic heterocycles. The summed E-state index contributed by atoms with van der Waals surface area (Å²) in [5, 5.41) is 8.66. The largest absolute Gasteiger partial charge is 0.365 e. The van der Waals surface area contributed by atoms with E-state index in [0.29, 0.717) is 11.4 Å². The molecular formula is C22H22FN5O2. The first kappa shape index (κ1) is 20.8. The lowest BCUT2D eigenvalue weighted by Crippen LogP contribution is -2.18. The fourth-order valence-electron chi connectivity index (χ4n) is 2.92. The van der Waals surface area contributed by atoms with Crippen LogP contribution in [-0.4, -0.2) is 16.8 Å². The Morgan fingerprint density at radius 2 is 1.70 bits per heavy atom. The molecular weight excluding hydrogens is 385 g/mol. The fraction of sp³-hybridized carbons (Fsp3) is 0.136. The third kappa shape index (κ3) is 5.11. The van der Waals surface area contributed by atoms with Gasteiger partial charge >= 0.3 is 0 Å². The first-order valence-corrected chi connectivity index (χ1v) is 9.30. The van der Waals surface area contributed by atoms with Crippen LogP contribution < -0.4 is 21.7 Å². The van der Waals surface area contributed by atoms with Crippen molar-refractivity contribution in [1.82, 2.24) is 4.98 Å². The molecule has 0 aliphatic carbocycles. The summed E-state index contributed by atoms with van der Waals surface area (Å²) in [4.78, 5) is 27.3. The van der Waals surface area contributed by atoms with E-state index in [0.717, 1.165) is 11.6 Å². The van der Waals surface area contributed by atoms with E-state index < -0.39 is 11.7 Å². The minimum absolute atomic E-state index is 0.0483. The minimum atomic E-state index is -0.789. The van der Waals surface area contributed by atoms with Crippen molar-refractivity contribution in [1.29, 1.82) is 0 Å². The number of aromatic nitrogens is 1. The van der Waals surface area contributed by atoms with Crippen LogP contribution in [0.15, 0.2) is 60.7 Å². The maximum atomic E-state index is 14.6. The predicted octanol–water partition coefficient (Wildman–Crippen LogP) is 4.19. The minimum Gasteiger partial charge on any atom is -0.365 e. The Morgan fingerprint density at radius 3 is 2.37 bits per heavy atom. The zero-order valence-electron chi connectivity index (χ0n) is 16.6. The number of primary amides is 1. The summed E-state index contributed by atoms with van der Waals surface area (Å²) < 4.78 is 14.6. The van der Waals surface area contributed by atoms with E-state index in [4.69, 9.17) is 5.73 Å². The van der Waals surface area contributed by atoms with Crippen molar-refractivity contribution in [3.05, 3.63) is 77.6 Å². The smallest absolute Gasteiger partial charge is 0.252 e. The number of carbonyl (C=O) groups is 2. The van der Waals surface area contributed by atoms with Crippen molar-refractivity contribution >= 4 is 34.8 Å². The highest BCUT2D eigenvalue weighted by atomic mass is 19.1. The Hall–Kier alpha value is -3.94. The third-order valence-corrected chi connectivity index (χ3v) is 4.34. The highest BCUT2D eigenvalue weighted by Gasteiger charge is 2.18. The zero-order chi connectivity index (χ0) is 21.7. The number of nitrogens with two attached hydrogens (primary N) is 1. The molecule has 0 unspecified atom stereocenters. The van der Waals surface area contributed by atoms with E-state index in [9.17, 15) is 14.0 Å². The van der Waals surface area contributed by atoms with Crippen molar-refractivity contribution in [3.8, 4) is 0 Å². The van der Waals surface area contributed by atoms with Gasteiger partial charge in [-0.1, -0.05) is 36.4 Å². The van der Waals surface area contributed by atoms with Gasteiger partial charge in [0.15, 0.2) is 11.6 Å². The van der Waals surface area contributed by atoms with Crippen LogP contribution in [0.3, 0.4) is 0 Å². The number of benzene rings is 2. The molecule has 0 saturated heterocycles. The topological polar surface area (TPSA) is 109 Å². The first-order valence-electron chi connectivity index (χ1n) is 9.30. The van der Waals surface area contributed by atoms with Crippen LogP contribution in [0, 0.1) is 5.82 Å². The van der Waals surface area contributed by atoms with Gasteiger partial charge in [-0.2, -0.15) is 0 Å². The first-order chi connectivity index (χ1) is 14.3. The molecule has 2 aromatic carbocycles. The second-order valence-corrected chi connectivity index (χ2v) is 6.74. The number of carbonyl (C=O) groups excluding carboxylic acids is 2. The average Bonchev–Trinajstić information content (AvgIpc) is 2.70. The van der Waals surface area contributed by atoms with E-state index in [2.05, 4.69) is 20.9 Å². The van der Waals surface area contributed by atoms with E-state index >= 15 is 0 Å². The van der Waals surface area contributed by atoms with Gasteiger partial charge in [-0.05, 0) is 36.8 Å². The molecule has 5 N–H and O–H groups in total. The van der Waals surface area contributed by atoms with E-state index in [1.165, 1.54) is 6.92 Å². The lowest BCUT2D eigenvalue weighted by molar-refractivity contribution is -0.114. The van der Waals surface area contributed by atoms with Crippen molar-refractivity contribution in [2.45, 2.75) is 19.9 Å². The lowest BCUT2D eigenvalue weighted by Gasteiger charge is -2.18. The standard InChI is InChI=1S/C22H22FN5O2/c1-13(15-7-4-3-5-8-15)25-21-18(20(24)30)12-19(23)22(28-21)27-17-10-6-9-16(11-17)26-14(2)29/h3-13H,1-2H3,(H2,24,30)(H,26,29)(H2,25,27,28)/t13-/m1/s1. The summed E-state index contributed by atoms with van der Waals surface area (Å²) in [5.74, 6) is -1.65. The number of rotatable bonds is 7. The Balaban J connectivity index is 1.91. The maximum Gasteiger partial charge on any atom is 0.252 e. The second-order valence-electron chi connectivity index (χ2n) is 6.74. The number of nitrogens with one attached hydrogen (secondary N) is 3. The summed E-state index contributed by atoms with van der Waals surface area (Å²) >= 11 is 0. The van der Waals surface area contributed by atoms with E-state index in [1.807, 2.05) is 37.3 Å². The van der Waals surface area contributed by atoms with Gasteiger partial charge in [0, 0.05) is 24.3 Å². The van der Waals surface area contributed by atoms with Crippen LogP contribution in [0.1, 0.15) is 35.8 Å². The van der Waals surface area contributed by atoms with Gasteiger partial charge in [0.25, 0.3) is 5.91 Å². The van der Waals surface area contributed by atoms with Crippen LogP contribution in [0.5, 0.6) is 0 Å². The molecule has 0 radical (unpaired) electrons. The normalized spacial score (nSPS) is 11.4. The van der Waals surface area contributed by atoms with Gasteiger partial charge in [-0.15, -0.1) is 0 Å². The van der Waals surface area contributed by atoms with Gasteiger partial charge in [0.1, 0.15) is 5.82 Å². The van der Waals surface area contributed by atoms with Gasteiger partial charge in [0.05, 0.1) is 5.56 Å². The second kappa shape index (κ2) is 9.04. The molecule has 0 fully saturated rings. The molecule has 7 nitrogen and oxygen atoms in total. The molecule has 0 saturated carbocycles. The third-order valence-electron chi connectivity index (χ3n) is 4.34. The average molecular weight is 407 g/mol. The number of pyridine rings is 1. The van der Waals surface area contributed by atoms with Crippen LogP contribution in [-0.2, 0) is 4.79 Å². The van der Waals surface area contributed by atoms with Gasteiger partial charge in [0.2, 0.25) is 5.91 Å². The van der Waals surface area contributed by atoms with Crippen molar-refractivity contribution < 1.29 is 14.0 Å². The van der Waals surface area contributed by atoms with Crippen LogP contribution in [0.4, 0.5) is 27.4 Å². The van der Waals surface area contributed by atoms with Crippen LogP contribution >= 0.6 is 0 Å². The molecule has 0 aliphatic rings. The zero-order valence-corrected chi connectivity index (χ0v) is 16.6. The number of hydrogen-bond donors (Lipinski definition) is 4. The monoisotopic (exact) mass is 407 g/mol. The van der Waals surface area contributed by atoms with Crippen molar-refractivity contribution in [2.24, 2.45) is 5.73 Å². The van der Waals surface area contributed by atoms with Crippen LogP contribution in [0.2, 0.25) is 0 Å². The summed E-state index contributed by atoms with van der Waals surface area (Å²) in [7, 11) is 0. The van der Waals surface area contributed by atoms with Gasteiger partial charge in [-0.25, -0.2) is 9.37 Å². The Morgan fingerprint density at radius 1 is 1.00 bits per heavy atom. The van der Waals surface area contributed by atoms with E-state index in [-0.39, 0.29) is 29.1 Å². The molecule has 0 spiro atoms. The number of hydrogen-bond acceptors (Lipinski definition) is 5. The predicted molar refractivity (Wildman–Crippen MR) is 115 cm³/mol. The Kier molecular flexibility index (Phi) is 6.26. The van der Waals surface area contributed by atoms with Crippen molar-refractivity contribution in [2.75, 3.05) is 16.0 Å². The van der Waals surface area contributed by atoms with Gasteiger partial charge in [-0.3, -0.25) is 9.59 Å². The van der Waals surface area contributed by atoms with Gasteiger partial charge < -0.3 is 21.7 Å². The Labute approximate surface area is 173 Å². The molecule has 30 heavy (non-hydrogen) atoms. The molecule has 3 rings (SSSR count). The summed E-state index contributed by atoms with van der Waals surface area (Å²) in [5.41, 5.74) is 7.41. The summed E-state index contributed by atoms with van der Waals surface area (Å²) in [6, 6.07) is 17.2. The number of nitrogens with zero attached hydrogens (tertiary/aromatic N) is 1. The maximum absolute atomic E-state index is 14.6. The molecule has 1 heterocycles. The molecule has 1 atom stereocenters. The highest BCUT2D eigenvalue weighted by molar-refractivity contribution is 5.98. The quantitative estimate of drug-likeness (QED) is 0.469. The number of amides is 2. The highest BCUT2D eigenvalue weighted by Crippen LogP contribution is 2.27. The molecule has 154 valence electrons. The molecule has 2 amide bonds. The molecule has 3 aromatic rings. The Bertz CT molecular complexity index is 1070. The number of halogens is 1. The van der Waals surface area contributed by atoms with Crippen molar-refractivity contribution in [3.63, 3.8) is 0 Å². The number of anilines is 4. The SMILES string of the molecule is CC(=O)Nc1cccc(Nc2nc(N[C@H](C)c3ccccc3)c(C(N)=O)cc2F)c1. The van der Waals surface area contributed by atoms with Crippen LogP contribution in [0.25, 0.3) is 0 Å².